The predicted octanol–water partition coefficient (Wildman–Crippen LogP) is 2.15. The summed E-state index contributed by atoms with van der Waals surface area (Å²) in [4.78, 5) is 14.2. The number of amides is 1. The molecule has 5 heteroatoms. The largest absolute Gasteiger partial charge is 0.366 e. The standard InChI is InChI=1S/C13H20N2O2S/c1-3-15(4-2)8-9-17-18-12-7-5-6-11(10-12)13(14)16/h5-7,10H,3-4,8-9H2,1-2H3,(H2,14,16). The molecular formula is C13H20N2O2S. The van der Waals surface area contributed by atoms with Crippen molar-refractivity contribution in [2.75, 3.05) is 26.2 Å². The van der Waals surface area contributed by atoms with Crippen molar-refractivity contribution in [2.24, 2.45) is 5.73 Å². The first-order valence-electron chi connectivity index (χ1n) is 6.09. The van der Waals surface area contributed by atoms with Gasteiger partial charge in [-0.15, -0.1) is 0 Å². The summed E-state index contributed by atoms with van der Waals surface area (Å²) in [5.74, 6) is -0.416. The maximum atomic E-state index is 11.0. The SMILES string of the molecule is CCN(CC)CCOSc1cccc(C(N)=O)c1. The Morgan fingerprint density at radius 3 is 2.72 bits per heavy atom. The molecule has 0 spiro atoms. The monoisotopic (exact) mass is 268 g/mol. The lowest BCUT2D eigenvalue weighted by molar-refractivity contribution is 0.1000. The molecule has 4 nitrogen and oxygen atoms in total. The molecule has 0 unspecified atom stereocenters. The highest BCUT2D eigenvalue weighted by atomic mass is 32.2. The van der Waals surface area contributed by atoms with Crippen molar-refractivity contribution >= 4 is 17.9 Å². The van der Waals surface area contributed by atoms with Crippen molar-refractivity contribution < 1.29 is 8.98 Å². The Morgan fingerprint density at radius 1 is 1.39 bits per heavy atom. The van der Waals surface area contributed by atoms with Gasteiger partial charge >= 0.3 is 0 Å². The Balaban J connectivity index is 2.35. The molecule has 0 aliphatic carbocycles. The second-order valence-electron chi connectivity index (χ2n) is 3.82. The Kier molecular flexibility index (Phi) is 6.78. The number of hydrogen-bond donors (Lipinski definition) is 1. The molecule has 0 aromatic heterocycles. The van der Waals surface area contributed by atoms with Gasteiger partial charge < -0.3 is 14.8 Å². The number of benzene rings is 1. The van der Waals surface area contributed by atoms with Crippen LogP contribution >= 0.6 is 12.0 Å². The number of likely N-dealkylation sites (N-methyl/N-ethyl adjacent to an activating group) is 1. The van der Waals surface area contributed by atoms with Crippen LogP contribution in [-0.2, 0) is 4.18 Å². The average Bonchev–Trinajstić information content (AvgIpc) is 2.39. The lowest BCUT2D eigenvalue weighted by Crippen LogP contribution is -2.26. The fraction of sp³-hybridized carbons (Fsp3) is 0.462. The summed E-state index contributed by atoms with van der Waals surface area (Å²) in [7, 11) is 0. The van der Waals surface area contributed by atoms with Crippen LogP contribution in [0.15, 0.2) is 29.2 Å². The Bertz CT molecular complexity index is 381. The predicted molar refractivity (Wildman–Crippen MR) is 74.6 cm³/mol. The van der Waals surface area contributed by atoms with Gasteiger partial charge in [0.25, 0.3) is 0 Å². The molecule has 0 heterocycles. The normalized spacial score (nSPS) is 10.8. The quantitative estimate of drug-likeness (QED) is 0.580. The second-order valence-corrected chi connectivity index (χ2v) is 4.70. The fourth-order valence-corrected chi connectivity index (χ4v) is 2.12. The third-order valence-electron chi connectivity index (χ3n) is 2.66. The van der Waals surface area contributed by atoms with E-state index in [9.17, 15) is 4.79 Å². The first-order valence-corrected chi connectivity index (χ1v) is 6.83. The summed E-state index contributed by atoms with van der Waals surface area (Å²) in [5, 5.41) is 0. The van der Waals surface area contributed by atoms with Crippen molar-refractivity contribution in [3.63, 3.8) is 0 Å². The van der Waals surface area contributed by atoms with Crippen LogP contribution in [0.1, 0.15) is 24.2 Å². The molecule has 0 radical (unpaired) electrons. The molecule has 0 fully saturated rings. The van der Waals surface area contributed by atoms with E-state index in [1.807, 2.05) is 6.07 Å². The summed E-state index contributed by atoms with van der Waals surface area (Å²) in [6, 6.07) is 7.14. The maximum Gasteiger partial charge on any atom is 0.248 e. The minimum atomic E-state index is -0.416. The summed E-state index contributed by atoms with van der Waals surface area (Å²) in [6.45, 7) is 7.89. The highest BCUT2D eigenvalue weighted by Crippen LogP contribution is 2.19. The van der Waals surface area contributed by atoms with E-state index >= 15 is 0 Å². The molecule has 0 atom stereocenters. The molecular weight excluding hydrogens is 248 g/mol. The molecule has 18 heavy (non-hydrogen) atoms. The van der Waals surface area contributed by atoms with Gasteiger partial charge in [0.15, 0.2) is 0 Å². The molecule has 1 rings (SSSR count). The number of carbonyl (C=O) groups excluding carboxylic acids is 1. The smallest absolute Gasteiger partial charge is 0.248 e. The number of nitrogens with zero attached hydrogens (tertiary/aromatic N) is 1. The van der Waals surface area contributed by atoms with Crippen LogP contribution in [0.25, 0.3) is 0 Å². The van der Waals surface area contributed by atoms with E-state index < -0.39 is 5.91 Å². The maximum absolute atomic E-state index is 11.0. The Morgan fingerprint density at radius 2 is 2.11 bits per heavy atom. The Labute approximate surface area is 113 Å². The first kappa shape index (κ1) is 15.0. The van der Waals surface area contributed by atoms with Crippen LogP contribution in [0, 0.1) is 0 Å². The average molecular weight is 268 g/mol. The van der Waals surface area contributed by atoms with Gasteiger partial charge in [0.2, 0.25) is 5.91 Å². The van der Waals surface area contributed by atoms with Crippen molar-refractivity contribution in [3.05, 3.63) is 29.8 Å². The highest BCUT2D eigenvalue weighted by Gasteiger charge is 2.03. The molecule has 0 bridgehead atoms. The van der Waals surface area contributed by atoms with Crippen LogP contribution in [-0.4, -0.2) is 37.0 Å². The van der Waals surface area contributed by atoms with E-state index in [0.717, 1.165) is 24.5 Å². The van der Waals surface area contributed by atoms with Crippen LogP contribution < -0.4 is 5.73 Å². The summed E-state index contributed by atoms with van der Waals surface area (Å²) in [5.41, 5.74) is 5.72. The first-order chi connectivity index (χ1) is 8.67. The van der Waals surface area contributed by atoms with Gasteiger partial charge in [-0.05, 0) is 31.3 Å². The molecule has 1 amide bonds. The van der Waals surface area contributed by atoms with E-state index in [1.165, 1.54) is 12.0 Å². The van der Waals surface area contributed by atoms with E-state index in [0.29, 0.717) is 12.2 Å². The van der Waals surface area contributed by atoms with E-state index in [-0.39, 0.29) is 0 Å². The highest BCUT2D eigenvalue weighted by molar-refractivity contribution is 7.94. The lowest BCUT2D eigenvalue weighted by atomic mass is 10.2. The number of hydrogen-bond acceptors (Lipinski definition) is 4. The zero-order valence-corrected chi connectivity index (χ0v) is 11.7. The van der Waals surface area contributed by atoms with Gasteiger partial charge in [-0.1, -0.05) is 19.9 Å². The van der Waals surface area contributed by atoms with Crippen LogP contribution in [0.3, 0.4) is 0 Å². The minimum absolute atomic E-state index is 0.416. The van der Waals surface area contributed by atoms with Gasteiger partial charge in [0.1, 0.15) is 0 Å². The summed E-state index contributed by atoms with van der Waals surface area (Å²) >= 11 is 1.28. The molecule has 0 aliphatic rings. The zero-order chi connectivity index (χ0) is 13.4. The third-order valence-corrected chi connectivity index (χ3v) is 3.39. The number of carbonyl (C=O) groups is 1. The molecule has 0 aliphatic heterocycles. The fourth-order valence-electron chi connectivity index (χ4n) is 1.52. The topological polar surface area (TPSA) is 55.6 Å². The minimum Gasteiger partial charge on any atom is -0.366 e. The molecule has 1 aromatic carbocycles. The molecule has 0 saturated heterocycles. The van der Waals surface area contributed by atoms with E-state index in [4.69, 9.17) is 9.92 Å². The van der Waals surface area contributed by atoms with Crippen LogP contribution in [0.4, 0.5) is 0 Å². The molecule has 1 aromatic rings. The van der Waals surface area contributed by atoms with Gasteiger partial charge in [-0.25, -0.2) is 0 Å². The Hall–Kier alpha value is -1.04. The van der Waals surface area contributed by atoms with E-state index in [1.54, 1.807) is 18.2 Å². The van der Waals surface area contributed by atoms with Crippen LogP contribution in [0.5, 0.6) is 0 Å². The van der Waals surface area contributed by atoms with Crippen molar-refractivity contribution in [1.29, 1.82) is 0 Å². The van der Waals surface area contributed by atoms with Crippen molar-refractivity contribution in [3.8, 4) is 0 Å². The summed E-state index contributed by atoms with van der Waals surface area (Å²) < 4.78 is 5.51. The zero-order valence-electron chi connectivity index (χ0n) is 10.9. The van der Waals surface area contributed by atoms with Gasteiger partial charge in [0.05, 0.1) is 6.61 Å². The van der Waals surface area contributed by atoms with Crippen molar-refractivity contribution in [2.45, 2.75) is 18.7 Å². The molecule has 0 saturated carbocycles. The van der Waals surface area contributed by atoms with E-state index in [2.05, 4.69) is 18.7 Å². The second kappa shape index (κ2) is 8.13. The molecule has 2 N–H and O–H groups in total. The van der Waals surface area contributed by atoms with Crippen LogP contribution in [0.2, 0.25) is 0 Å². The lowest BCUT2D eigenvalue weighted by Gasteiger charge is -2.17. The van der Waals surface area contributed by atoms with Gasteiger partial charge in [0, 0.05) is 29.0 Å². The van der Waals surface area contributed by atoms with Gasteiger partial charge in [-0.2, -0.15) is 0 Å². The van der Waals surface area contributed by atoms with Gasteiger partial charge in [-0.3, -0.25) is 4.79 Å². The third kappa shape index (κ3) is 5.08. The number of primary amides is 1. The number of nitrogens with two attached hydrogens (primary N) is 1. The number of rotatable bonds is 8. The summed E-state index contributed by atoms with van der Waals surface area (Å²) in [6.07, 6.45) is 0. The molecule has 100 valence electrons. The van der Waals surface area contributed by atoms with Crippen molar-refractivity contribution in [1.82, 2.24) is 4.90 Å².